The number of nitrogens with zero attached hydrogens (tertiary/aromatic N) is 2. The molecule has 0 aliphatic carbocycles. The molecule has 0 spiro atoms. The quantitative estimate of drug-likeness (QED) is 0.855. The summed E-state index contributed by atoms with van der Waals surface area (Å²) in [5.41, 5.74) is 8.21. The summed E-state index contributed by atoms with van der Waals surface area (Å²) in [5, 5.41) is 5.83. The number of nitrogens with two attached hydrogens (primary N) is 1. The molecule has 1 aromatic carbocycles. The van der Waals surface area contributed by atoms with Crippen molar-refractivity contribution in [1.82, 2.24) is 9.78 Å². The van der Waals surface area contributed by atoms with E-state index in [-0.39, 0.29) is 5.41 Å². The number of rotatable bonds is 3. The molecule has 0 saturated carbocycles. The summed E-state index contributed by atoms with van der Waals surface area (Å²) >= 11 is 0. The molecule has 2 aromatic rings. The summed E-state index contributed by atoms with van der Waals surface area (Å²) in [6, 6.07) is 8.33. The van der Waals surface area contributed by atoms with E-state index in [1.54, 1.807) is 0 Å². The molecule has 2 N–H and O–H groups in total. The zero-order chi connectivity index (χ0) is 11.8. The van der Waals surface area contributed by atoms with Crippen LogP contribution >= 0.6 is 0 Å². The number of aromatic nitrogens is 2. The van der Waals surface area contributed by atoms with E-state index >= 15 is 0 Å². The monoisotopic (exact) mass is 217 g/mol. The topological polar surface area (TPSA) is 43.8 Å². The third-order valence-corrected chi connectivity index (χ3v) is 3.03. The molecule has 0 aliphatic heterocycles. The summed E-state index contributed by atoms with van der Waals surface area (Å²) in [5.74, 6) is 0. The predicted octanol–water partition coefficient (Wildman–Crippen LogP) is 2.10. The molecule has 0 amide bonds. The SMILES string of the molecule is Cn1nc(CC(C)(C)CN)c2ccccc21. The summed E-state index contributed by atoms with van der Waals surface area (Å²) in [6.45, 7) is 5.03. The lowest BCUT2D eigenvalue weighted by molar-refractivity contribution is 0.372. The van der Waals surface area contributed by atoms with Crippen molar-refractivity contribution in [2.75, 3.05) is 6.54 Å². The summed E-state index contributed by atoms with van der Waals surface area (Å²) < 4.78 is 1.94. The Kier molecular flexibility index (Phi) is 2.72. The molecule has 0 aliphatic rings. The number of hydrogen-bond acceptors (Lipinski definition) is 2. The van der Waals surface area contributed by atoms with Gasteiger partial charge in [-0.05, 0) is 24.4 Å². The first-order chi connectivity index (χ1) is 7.53. The van der Waals surface area contributed by atoms with E-state index in [1.807, 2.05) is 17.8 Å². The van der Waals surface area contributed by atoms with Gasteiger partial charge in [-0.2, -0.15) is 5.10 Å². The molecule has 3 nitrogen and oxygen atoms in total. The molecule has 0 bridgehead atoms. The van der Waals surface area contributed by atoms with E-state index in [2.05, 4.69) is 37.1 Å². The first-order valence-electron chi connectivity index (χ1n) is 5.64. The molecule has 16 heavy (non-hydrogen) atoms. The van der Waals surface area contributed by atoms with Gasteiger partial charge in [0.1, 0.15) is 0 Å². The Labute approximate surface area is 96.2 Å². The third kappa shape index (κ3) is 1.95. The van der Waals surface area contributed by atoms with Crippen LogP contribution in [0.4, 0.5) is 0 Å². The number of fused-ring (bicyclic) bond motifs is 1. The highest BCUT2D eigenvalue weighted by molar-refractivity contribution is 5.81. The van der Waals surface area contributed by atoms with Gasteiger partial charge in [-0.25, -0.2) is 0 Å². The lowest BCUT2D eigenvalue weighted by atomic mass is 9.87. The van der Waals surface area contributed by atoms with Crippen molar-refractivity contribution in [3.8, 4) is 0 Å². The van der Waals surface area contributed by atoms with Gasteiger partial charge in [0, 0.05) is 12.4 Å². The second-order valence-electron chi connectivity index (χ2n) is 5.13. The summed E-state index contributed by atoms with van der Waals surface area (Å²) in [4.78, 5) is 0. The lowest BCUT2D eigenvalue weighted by Gasteiger charge is -2.20. The highest BCUT2D eigenvalue weighted by atomic mass is 15.3. The maximum absolute atomic E-state index is 5.77. The minimum absolute atomic E-state index is 0.108. The summed E-state index contributed by atoms with van der Waals surface area (Å²) in [7, 11) is 1.99. The van der Waals surface area contributed by atoms with E-state index in [4.69, 9.17) is 5.73 Å². The Balaban J connectivity index is 2.46. The fourth-order valence-corrected chi connectivity index (χ4v) is 1.94. The maximum Gasteiger partial charge on any atom is 0.0709 e. The van der Waals surface area contributed by atoms with E-state index in [9.17, 15) is 0 Å². The van der Waals surface area contributed by atoms with Gasteiger partial charge in [0.15, 0.2) is 0 Å². The van der Waals surface area contributed by atoms with Crippen LogP contribution in [0.25, 0.3) is 10.9 Å². The second-order valence-corrected chi connectivity index (χ2v) is 5.13. The van der Waals surface area contributed by atoms with Crippen LogP contribution in [0.3, 0.4) is 0 Å². The van der Waals surface area contributed by atoms with Crippen molar-refractivity contribution in [2.24, 2.45) is 18.2 Å². The van der Waals surface area contributed by atoms with Crippen molar-refractivity contribution in [2.45, 2.75) is 20.3 Å². The van der Waals surface area contributed by atoms with E-state index < -0.39 is 0 Å². The lowest BCUT2D eigenvalue weighted by Crippen LogP contribution is -2.26. The molecule has 86 valence electrons. The Bertz CT molecular complexity index is 497. The van der Waals surface area contributed by atoms with Crippen LogP contribution in [-0.2, 0) is 13.5 Å². The van der Waals surface area contributed by atoms with Crippen LogP contribution in [0, 0.1) is 5.41 Å². The molecule has 1 heterocycles. The first kappa shape index (κ1) is 11.1. The molecule has 0 radical (unpaired) electrons. The van der Waals surface area contributed by atoms with Crippen LogP contribution in [0.5, 0.6) is 0 Å². The third-order valence-electron chi connectivity index (χ3n) is 3.03. The molecule has 0 unspecified atom stereocenters. The van der Waals surface area contributed by atoms with Crippen molar-refractivity contribution in [1.29, 1.82) is 0 Å². The van der Waals surface area contributed by atoms with Crippen molar-refractivity contribution >= 4 is 10.9 Å². The number of hydrogen-bond donors (Lipinski definition) is 1. The average Bonchev–Trinajstić information content (AvgIpc) is 2.56. The zero-order valence-electron chi connectivity index (χ0n) is 10.2. The van der Waals surface area contributed by atoms with Gasteiger partial charge in [-0.15, -0.1) is 0 Å². The zero-order valence-corrected chi connectivity index (χ0v) is 10.2. The number of para-hydroxylation sites is 1. The maximum atomic E-state index is 5.77. The molecule has 2 rings (SSSR count). The van der Waals surface area contributed by atoms with E-state index in [1.165, 1.54) is 10.9 Å². The second kappa shape index (κ2) is 3.91. The Morgan fingerprint density at radius 2 is 2.00 bits per heavy atom. The molecule has 1 aromatic heterocycles. The highest BCUT2D eigenvalue weighted by Crippen LogP contribution is 2.25. The van der Waals surface area contributed by atoms with Crippen molar-refractivity contribution < 1.29 is 0 Å². The summed E-state index contributed by atoms with van der Waals surface area (Å²) in [6.07, 6.45) is 0.921. The van der Waals surface area contributed by atoms with Gasteiger partial charge in [-0.1, -0.05) is 32.0 Å². The number of aryl methyl sites for hydroxylation is 1. The highest BCUT2D eigenvalue weighted by Gasteiger charge is 2.20. The van der Waals surface area contributed by atoms with Gasteiger partial charge >= 0.3 is 0 Å². The Morgan fingerprint density at radius 3 is 2.69 bits per heavy atom. The van der Waals surface area contributed by atoms with E-state index in [0.717, 1.165) is 12.1 Å². The van der Waals surface area contributed by atoms with E-state index in [0.29, 0.717) is 6.54 Å². The van der Waals surface area contributed by atoms with Gasteiger partial charge in [-0.3, -0.25) is 4.68 Å². The van der Waals surface area contributed by atoms with Gasteiger partial charge in [0.2, 0.25) is 0 Å². The normalized spacial score (nSPS) is 12.2. The van der Waals surface area contributed by atoms with Gasteiger partial charge in [0.25, 0.3) is 0 Å². The molecule has 0 fully saturated rings. The molecular weight excluding hydrogens is 198 g/mol. The van der Waals surface area contributed by atoms with Gasteiger partial charge in [0.05, 0.1) is 11.2 Å². The molecular formula is C13H19N3. The van der Waals surface area contributed by atoms with Crippen LogP contribution in [0.15, 0.2) is 24.3 Å². The minimum Gasteiger partial charge on any atom is -0.330 e. The standard InChI is InChI=1S/C13H19N3/c1-13(2,9-14)8-11-10-6-4-5-7-12(10)16(3)15-11/h4-7H,8-9,14H2,1-3H3. The largest absolute Gasteiger partial charge is 0.330 e. The minimum atomic E-state index is 0.108. The molecule has 0 atom stereocenters. The molecule has 0 saturated heterocycles. The van der Waals surface area contributed by atoms with Crippen LogP contribution in [0.1, 0.15) is 19.5 Å². The number of benzene rings is 1. The van der Waals surface area contributed by atoms with Gasteiger partial charge < -0.3 is 5.73 Å². The fourth-order valence-electron chi connectivity index (χ4n) is 1.94. The van der Waals surface area contributed by atoms with Crippen molar-refractivity contribution in [3.05, 3.63) is 30.0 Å². The smallest absolute Gasteiger partial charge is 0.0709 e. The van der Waals surface area contributed by atoms with Crippen LogP contribution in [0.2, 0.25) is 0 Å². The molecule has 3 heteroatoms. The predicted molar refractivity (Wildman–Crippen MR) is 67.3 cm³/mol. The van der Waals surface area contributed by atoms with Crippen LogP contribution < -0.4 is 5.73 Å². The Hall–Kier alpha value is -1.35. The average molecular weight is 217 g/mol. The van der Waals surface area contributed by atoms with Crippen molar-refractivity contribution in [3.63, 3.8) is 0 Å². The first-order valence-corrected chi connectivity index (χ1v) is 5.64. The fraction of sp³-hybridized carbons (Fsp3) is 0.462. The van der Waals surface area contributed by atoms with Crippen LogP contribution in [-0.4, -0.2) is 16.3 Å². The Morgan fingerprint density at radius 1 is 1.31 bits per heavy atom.